The number of hydrogen-bond acceptors (Lipinski definition) is 3. The summed E-state index contributed by atoms with van der Waals surface area (Å²) in [6.07, 6.45) is 14.1. The summed E-state index contributed by atoms with van der Waals surface area (Å²) in [5.41, 5.74) is 0. The van der Waals surface area contributed by atoms with Crippen molar-refractivity contribution in [2.45, 2.75) is 58.3 Å². The highest BCUT2D eigenvalue weighted by Gasteiger charge is 2.18. The summed E-state index contributed by atoms with van der Waals surface area (Å²) < 4.78 is 0. The number of nitrogens with one attached hydrogen (secondary N) is 1. The summed E-state index contributed by atoms with van der Waals surface area (Å²) in [7, 11) is 0. The molecule has 0 amide bonds. The van der Waals surface area contributed by atoms with Gasteiger partial charge in [0.15, 0.2) is 0 Å². The van der Waals surface area contributed by atoms with Crippen LogP contribution in [0.25, 0.3) is 0 Å². The third-order valence-corrected chi connectivity index (χ3v) is 2.81. The van der Waals surface area contributed by atoms with Gasteiger partial charge >= 0.3 is 0 Å². The third-order valence-electron chi connectivity index (χ3n) is 2.81. The Hall–Kier alpha value is -0.960. The highest BCUT2D eigenvalue weighted by atomic mass is 16.3. The van der Waals surface area contributed by atoms with Crippen LogP contribution in [0, 0.1) is 0 Å². The molecule has 2 atom stereocenters. The van der Waals surface area contributed by atoms with E-state index in [4.69, 9.17) is 0 Å². The molecule has 0 aromatic heterocycles. The zero-order chi connectivity index (χ0) is 11.8. The first-order valence-electron chi connectivity index (χ1n) is 6.30. The van der Waals surface area contributed by atoms with Crippen molar-refractivity contribution in [1.82, 2.24) is 10.2 Å². The van der Waals surface area contributed by atoms with E-state index in [0.717, 1.165) is 6.42 Å². The normalized spacial score (nSPS) is 21.7. The molecule has 0 radical (unpaired) electrons. The minimum atomic E-state index is -0.444. The molecule has 0 aliphatic carbocycles. The van der Waals surface area contributed by atoms with Crippen molar-refractivity contribution >= 4 is 0 Å². The third kappa shape index (κ3) is 4.27. The molecule has 1 aliphatic rings. The Morgan fingerprint density at radius 2 is 2.25 bits per heavy atom. The first kappa shape index (κ1) is 13.1. The number of aliphatic hydroxyl groups excluding tert-OH is 1. The number of allylic oxidation sites excluding steroid dienone is 1. The Morgan fingerprint density at radius 3 is 2.94 bits per heavy atom. The van der Waals surface area contributed by atoms with E-state index in [2.05, 4.69) is 24.4 Å². The van der Waals surface area contributed by atoms with Gasteiger partial charge in [-0.25, -0.2) is 0 Å². The standard InChI is InChI=1S/C13H24N2O/c1-3-4-5-6-7-8-9-13-14-10-11-15(13)12(2)16/h8-14,16H,3-7H2,1-2H3/b9-8+. The second kappa shape index (κ2) is 7.34. The summed E-state index contributed by atoms with van der Waals surface area (Å²) in [5.74, 6) is 0. The van der Waals surface area contributed by atoms with Gasteiger partial charge in [0.25, 0.3) is 0 Å². The number of aliphatic hydroxyl groups is 1. The molecule has 92 valence electrons. The lowest BCUT2D eigenvalue weighted by molar-refractivity contribution is 0.0408. The molecule has 0 aromatic rings. The number of unbranched alkanes of at least 4 members (excludes halogenated alkanes) is 4. The lowest BCUT2D eigenvalue weighted by atomic mass is 10.1. The van der Waals surface area contributed by atoms with Crippen LogP contribution in [-0.2, 0) is 0 Å². The van der Waals surface area contributed by atoms with Gasteiger partial charge in [-0.05, 0) is 25.8 Å². The molecule has 2 N–H and O–H groups in total. The van der Waals surface area contributed by atoms with E-state index in [1.54, 1.807) is 6.92 Å². The van der Waals surface area contributed by atoms with Crippen LogP contribution in [0.4, 0.5) is 0 Å². The molecule has 0 saturated heterocycles. The van der Waals surface area contributed by atoms with Crippen LogP contribution in [0.2, 0.25) is 0 Å². The number of nitrogens with zero attached hydrogens (tertiary/aromatic N) is 1. The largest absolute Gasteiger partial charge is 0.374 e. The maximum absolute atomic E-state index is 9.50. The quantitative estimate of drug-likeness (QED) is 0.515. The molecular formula is C13H24N2O. The molecule has 3 nitrogen and oxygen atoms in total. The van der Waals surface area contributed by atoms with E-state index in [9.17, 15) is 5.11 Å². The molecule has 1 rings (SSSR count). The van der Waals surface area contributed by atoms with Crippen molar-refractivity contribution in [3.8, 4) is 0 Å². The van der Waals surface area contributed by atoms with Gasteiger partial charge in [0, 0.05) is 12.4 Å². The highest BCUT2D eigenvalue weighted by molar-refractivity contribution is 5.04. The molecule has 0 fully saturated rings. The highest BCUT2D eigenvalue weighted by Crippen LogP contribution is 2.10. The van der Waals surface area contributed by atoms with E-state index in [-0.39, 0.29) is 6.17 Å². The van der Waals surface area contributed by atoms with Crippen LogP contribution in [0.3, 0.4) is 0 Å². The fraction of sp³-hybridized carbons (Fsp3) is 0.692. The summed E-state index contributed by atoms with van der Waals surface area (Å²) in [5, 5.41) is 12.7. The SMILES string of the molecule is CCCCCC/C=C/C1NC=CN1C(C)O. The lowest BCUT2D eigenvalue weighted by Crippen LogP contribution is -2.39. The van der Waals surface area contributed by atoms with Crippen LogP contribution in [0.15, 0.2) is 24.6 Å². The summed E-state index contributed by atoms with van der Waals surface area (Å²) in [6, 6.07) is 0. The van der Waals surface area contributed by atoms with Crippen LogP contribution >= 0.6 is 0 Å². The van der Waals surface area contributed by atoms with Crippen molar-refractivity contribution < 1.29 is 5.11 Å². The topological polar surface area (TPSA) is 35.5 Å². The monoisotopic (exact) mass is 224 g/mol. The zero-order valence-corrected chi connectivity index (χ0v) is 10.4. The molecular weight excluding hydrogens is 200 g/mol. The fourth-order valence-electron chi connectivity index (χ4n) is 1.83. The first-order chi connectivity index (χ1) is 7.75. The van der Waals surface area contributed by atoms with Gasteiger partial charge in [0.05, 0.1) is 0 Å². The fourth-order valence-corrected chi connectivity index (χ4v) is 1.83. The minimum absolute atomic E-state index is 0.117. The van der Waals surface area contributed by atoms with Gasteiger partial charge in [-0.2, -0.15) is 0 Å². The molecule has 16 heavy (non-hydrogen) atoms. The Balaban J connectivity index is 2.18. The molecule has 1 aliphatic heterocycles. The van der Waals surface area contributed by atoms with Crippen LogP contribution in [0.5, 0.6) is 0 Å². The molecule has 1 heterocycles. The predicted octanol–water partition coefficient (Wildman–Crippen LogP) is 2.55. The average Bonchev–Trinajstić information content (AvgIpc) is 2.71. The first-order valence-corrected chi connectivity index (χ1v) is 6.30. The van der Waals surface area contributed by atoms with Gasteiger partial charge in [0.1, 0.15) is 12.4 Å². The predicted molar refractivity (Wildman–Crippen MR) is 67.5 cm³/mol. The summed E-state index contributed by atoms with van der Waals surface area (Å²) in [6.45, 7) is 4.00. The van der Waals surface area contributed by atoms with Crippen LogP contribution in [0.1, 0.15) is 46.0 Å². The molecule has 2 unspecified atom stereocenters. The Labute approximate surface area is 98.8 Å². The molecule has 0 aromatic carbocycles. The lowest BCUT2D eigenvalue weighted by Gasteiger charge is -2.25. The van der Waals surface area contributed by atoms with Gasteiger partial charge in [-0.15, -0.1) is 0 Å². The van der Waals surface area contributed by atoms with E-state index in [1.807, 2.05) is 17.3 Å². The Morgan fingerprint density at radius 1 is 1.44 bits per heavy atom. The van der Waals surface area contributed by atoms with E-state index >= 15 is 0 Å². The Kier molecular flexibility index (Phi) is 6.01. The number of hydrogen-bond donors (Lipinski definition) is 2. The summed E-state index contributed by atoms with van der Waals surface area (Å²) >= 11 is 0. The second-order valence-electron chi connectivity index (χ2n) is 4.28. The minimum Gasteiger partial charge on any atom is -0.374 e. The van der Waals surface area contributed by atoms with E-state index < -0.39 is 6.23 Å². The smallest absolute Gasteiger partial charge is 0.125 e. The Bertz CT molecular complexity index is 236. The molecule has 3 heteroatoms. The van der Waals surface area contributed by atoms with Crippen molar-refractivity contribution in [2.75, 3.05) is 0 Å². The van der Waals surface area contributed by atoms with Gasteiger partial charge < -0.3 is 15.3 Å². The van der Waals surface area contributed by atoms with E-state index in [1.165, 1.54) is 25.7 Å². The average molecular weight is 224 g/mol. The molecule has 0 saturated carbocycles. The number of rotatable bonds is 7. The maximum Gasteiger partial charge on any atom is 0.125 e. The van der Waals surface area contributed by atoms with Gasteiger partial charge in [0.2, 0.25) is 0 Å². The second-order valence-corrected chi connectivity index (χ2v) is 4.28. The summed E-state index contributed by atoms with van der Waals surface area (Å²) in [4.78, 5) is 1.89. The van der Waals surface area contributed by atoms with Crippen molar-refractivity contribution in [2.24, 2.45) is 0 Å². The van der Waals surface area contributed by atoms with Gasteiger partial charge in [-0.3, -0.25) is 0 Å². The van der Waals surface area contributed by atoms with Crippen molar-refractivity contribution in [3.05, 3.63) is 24.6 Å². The molecule has 0 bridgehead atoms. The van der Waals surface area contributed by atoms with Crippen LogP contribution in [-0.4, -0.2) is 22.4 Å². The maximum atomic E-state index is 9.50. The van der Waals surface area contributed by atoms with Gasteiger partial charge in [-0.1, -0.05) is 32.3 Å². The van der Waals surface area contributed by atoms with Crippen LogP contribution < -0.4 is 5.32 Å². The van der Waals surface area contributed by atoms with Crippen molar-refractivity contribution in [3.63, 3.8) is 0 Å². The molecule has 0 spiro atoms. The van der Waals surface area contributed by atoms with Crippen molar-refractivity contribution in [1.29, 1.82) is 0 Å². The zero-order valence-electron chi connectivity index (χ0n) is 10.4. The van der Waals surface area contributed by atoms with E-state index in [0.29, 0.717) is 0 Å².